The van der Waals surface area contributed by atoms with E-state index in [0.29, 0.717) is 17.3 Å². The van der Waals surface area contributed by atoms with E-state index in [-0.39, 0.29) is 12.5 Å². The van der Waals surface area contributed by atoms with Crippen molar-refractivity contribution in [3.05, 3.63) is 89.2 Å². The molecular weight excluding hydrogens is 438 g/mol. The van der Waals surface area contributed by atoms with Crippen LogP contribution in [0.5, 0.6) is 11.5 Å². The minimum atomic E-state index is -0.156. The number of hydrogen-bond acceptors (Lipinski definition) is 4. The van der Waals surface area contributed by atoms with Gasteiger partial charge in [0.25, 0.3) is 5.91 Å². The van der Waals surface area contributed by atoms with Gasteiger partial charge in [0.1, 0.15) is 17.3 Å². The third-order valence-electron chi connectivity index (χ3n) is 5.32. The summed E-state index contributed by atoms with van der Waals surface area (Å²) in [6, 6.07) is 23.1. The van der Waals surface area contributed by atoms with E-state index in [2.05, 4.69) is 28.1 Å². The maximum atomic E-state index is 12.1. The number of benzene rings is 3. The SMILES string of the molecule is COc1ccc(Cn2c(CCCNC(=O)COc3ccc(Cl)cc3)nc3ccccc32)cc1. The van der Waals surface area contributed by atoms with Crippen LogP contribution in [-0.2, 0) is 17.8 Å². The van der Waals surface area contributed by atoms with Crippen molar-refractivity contribution in [3.63, 3.8) is 0 Å². The number of imidazole rings is 1. The van der Waals surface area contributed by atoms with Gasteiger partial charge in [-0.3, -0.25) is 4.79 Å². The van der Waals surface area contributed by atoms with E-state index in [1.807, 2.05) is 30.3 Å². The van der Waals surface area contributed by atoms with Crippen molar-refractivity contribution in [1.29, 1.82) is 0 Å². The number of ether oxygens (including phenoxy) is 2. The molecule has 6 nitrogen and oxygen atoms in total. The largest absolute Gasteiger partial charge is 0.497 e. The highest BCUT2D eigenvalue weighted by molar-refractivity contribution is 6.30. The molecule has 3 aromatic carbocycles. The Bertz CT molecular complexity index is 1200. The number of carbonyl (C=O) groups excluding carboxylic acids is 1. The predicted molar refractivity (Wildman–Crippen MR) is 130 cm³/mol. The van der Waals surface area contributed by atoms with Gasteiger partial charge in [-0.15, -0.1) is 0 Å². The Hall–Kier alpha value is -3.51. The summed E-state index contributed by atoms with van der Waals surface area (Å²) in [5.74, 6) is 2.29. The van der Waals surface area contributed by atoms with Crippen LogP contribution in [0.2, 0.25) is 5.02 Å². The average molecular weight is 464 g/mol. The molecule has 1 heterocycles. The van der Waals surface area contributed by atoms with Gasteiger partial charge in [-0.1, -0.05) is 35.9 Å². The lowest BCUT2D eigenvalue weighted by molar-refractivity contribution is -0.123. The van der Waals surface area contributed by atoms with Gasteiger partial charge in [-0.25, -0.2) is 4.98 Å². The van der Waals surface area contributed by atoms with E-state index in [0.717, 1.165) is 42.0 Å². The van der Waals surface area contributed by atoms with E-state index in [4.69, 9.17) is 26.1 Å². The Labute approximate surface area is 198 Å². The fraction of sp³-hybridized carbons (Fsp3) is 0.231. The van der Waals surface area contributed by atoms with Gasteiger partial charge in [-0.2, -0.15) is 0 Å². The second-order valence-corrected chi connectivity index (χ2v) is 8.08. The molecule has 0 aliphatic rings. The number of methoxy groups -OCH3 is 1. The van der Waals surface area contributed by atoms with Gasteiger partial charge in [0.05, 0.1) is 18.1 Å². The fourth-order valence-electron chi connectivity index (χ4n) is 3.61. The lowest BCUT2D eigenvalue weighted by atomic mass is 10.2. The minimum Gasteiger partial charge on any atom is -0.497 e. The smallest absolute Gasteiger partial charge is 0.257 e. The summed E-state index contributed by atoms with van der Waals surface area (Å²) >= 11 is 5.86. The number of halogens is 1. The third-order valence-corrected chi connectivity index (χ3v) is 5.57. The number of fused-ring (bicyclic) bond motifs is 1. The number of carbonyl (C=O) groups is 1. The quantitative estimate of drug-likeness (QED) is 0.340. The van der Waals surface area contributed by atoms with Gasteiger partial charge < -0.3 is 19.4 Å². The van der Waals surface area contributed by atoms with Gasteiger partial charge >= 0.3 is 0 Å². The number of amides is 1. The first-order chi connectivity index (χ1) is 16.1. The molecule has 0 spiro atoms. The number of para-hydroxylation sites is 2. The van der Waals surface area contributed by atoms with Crippen LogP contribution in [0.25, 0.3) is 11.0 Å². The van der Waals surface area contributed by atoms with E-state index < -0.39 is 0 Å². The minimum absolute atomic E-state index is 0.0301. The summed E-state index contributed by atoms with van der Waals surface area (Å²) in [7, 11) is 1.67. The number of rotatable bonds is 10. The van der Waals surface area contributed by atoms with Crippen molar-refractivity contribution in [2.24, 2.45) is 0 Å². The normalized spacial score (nSPS) is 10.8. The molecule has 0 fully saturated rings. The van der Waals surface area contributed by atoms with Crippen LogP contribution >= 0.6 is 11.6 Å². The maximum absolute atomic E-state index is 12.1. The number of aromatic nitrogens is 2. The second-order valence-electron chi connectivity index (χ2n) is 7.65. The zero-order chi connectivity index (χ0) is 23.0. The van der Waals surface area contributed by atoms with E-state index in [1.54, 1.807) is 31.4 Å². The predicted octanol–water partition coefficient (Wildman–Crippen LogP) is 4.87. The summed E-state index contributed by atoms with van der Waals surface area (Å²) in [6.45, 7) is 1.24. The van der Waals surface area contributed by atoms with Crippen molar-refractivity contribution in [1.82, 2.24) is 14.9 Å². The van der Waals surface area contributed by atoms with Crippen LogP contribution in [0.3, 0.4) is 0 Å². The number of nitrogens with zero attached hydrogens (tertiary/aromatic N) is 2. The maximum Gasteiger partial charge on any atom is 0.257 e. The molecule has 7 heteroatoms. The molecule has 4 rings (SSSR count). The summed E-state index contributed by atoms with van der Waals surface area (Å²) in [5.41, 5.74) is 3.25. The molecule has 0 saturated heterocycles. The fourth-order valence-corrected chi connectivity index (χ4v) is 3.74. The summed E-state index contributed by atoms with van der Waals surface area (Å²) in [6.07, 6.45) is 1.53. The lowest BCUT2D eigenvalue weighted by Crippen LogP contribution is -2.30. The van der Waals surface area contributed by atoms with Crippen LogP contribution in [0.1, 0.15) is 17.8 Å². The first kappa shape index (κ1) is 22.7. The molecule has 170 valence electrons. The van der Waals surface area contributed by atoms with Crippen LogP contribution < -0.4 is 14.8 Å². The highest BCUT2D eigenvalue weighted by Gasteiger charge is 2.11. The third kappa shape index (κ3) is 6.05. The molecule has 1 N–H and O–H groups in total. The van der Waals surface area contributed by atoms with Crippen LogP contribution in [-0.4, -0.2) is 35.7 Å². The lowest BCUT2D eigenvalue weighted by Gasteiger charge is -2.11. The Morgan fingerprint density at radius 1 is 1.00 bits per heavy atom. The van der Waals surface area contributed by atoms with Crippen LogP contribution in [0.15, 0.2) is 72.8 Å². The first-order valence-electron chi connectivity index (χ1n) is 10.8. The molecule has 0 unspecified atom stereocenters. The zero-order valence-electron chi connectivity index (χ0n) is 18.5. The van der Waals surface area contributed by atoms with Crippen LogP contribution in [0, 0.1) is 0 Å². The molecule has 0 bridgehead atoms. The van der Waals surface area contributed by atoms with Crippen molar-refractivity contribution >= 4 is 28.5 Å². The molecule has 1 aromatic heterocycles. The Morgan fingerprint density at radius 3 is 2.48 bits per heavy atom. The number of nitrogens with one attached hydrogen (secondary N) is 1. The van der Waals surface area contributed by atoms with Crippen LogP contribution in [0.4, 0.5) is 0 Å². The molecule has 33 heavy (non-hydrogen) atoms. The number of hydrogen-bond donors (Lipinski definition) is 1. The van der Waals surface area contributed by atoms with Crippen molar-refractivity contribution in [3.8, 4) is 11.5 Å². The molecule has 4 aromatic rings. The zero-order valence-corrected chi connectivity index (χ0v) is 19.2. The Morgan fingerprint density at radius 2 is 1.73 bits per heavy atom. The van der Waals surface area contributed by atoms with Gasteiger partial charge in [0.2, 0.25) is 0 Å². The molecule has 1 amide bonds. The number of aryl methyl sites for hydroxylation is 1. The highest BCUT2D eigenvalue weighted by atomic mass is 35.5. The van der Waals surface area contributed by atoms with Gasteiger partial charge in [0, 0.05) is 24.5 Å². The average Bonchev–Trinajstić information content (AvgIpc) is 3.19. The topological polar surface area (TPSA) is 65.4 Å². The Kier molecular flexibility index (Phi) is 7.47. The summed E-state index contributed by atoms with van der Waals surface area (Å²) < 4.78 is 13.0. The summed E-state index contributed by atoms with van der Waals surface area (Å²) in [4.78, 5) is 16.9. The highest BCUT2D eigenvalue weighted by Crippen LogP contribution is 2.20. The molecule has 0 saturated carbocycles. The van der Waals surface area contributed by atoms with Crippen molar-refractivity contribution in [2.45, 2.75) is 19.4 Å². The molecular formula is C26H26ClN3O3. The summed E-state index contributed by atoms with van der Waals surface area (Å²) in [5, 5.41) is 3.54. The van der Waals surface area contributed by atoms with Gasteiger partial charge in [-0.05, 0) is 60.5 Å². The van der Waals surface area contributed by atoms with E-state index >= 15 is 0 Å². The van der Waals surface area contributed by atoms with Gasteiger partial charge in [0.15, 0.2) is 6.61 Å². The molecule has 0 radical (unpaired) electrons. The van der Waals surface area contributed by atoms with E-state index in [9.17, 15) is 4.79 Å². The van der Waals surface area contributed by atoms with E-state index in [1.165, 1.54) is 5.56 Å². The first-order valence-corrected chi connectivity index (χ1v) is 11.2. The van der Waals surface area contributed by atoms with Crippen molar-refractivity contribution < 1.29 is 14.3 Å². The second kappa shape index (κ2) is 10.9. The molecule has 0 aliphatic carbocycles. The molecule has 0 aliphatic heterocycles. The molecule has 0 atom stereocenters. The Balaban J connectivity index is 1.33. The monoisotopic (exact) mass is 463 g/mol. The van der Waals surface area contributed by atoms with Crippen molar-refractivity contribution in [2.75, 3.05) is 20.3 Å². The standard InChI is InChI=1S/C26H26ClN3O3/c1-32-21-12-8-19(9-13-21)17-30-24-6-3-2-5-23(24)29-25(30)7-4-16-28-26(31)18-33-22-14-10-20(27)11-15-22/h2-3,5-6,8-15H,4,7,16-18H2,1H3,(H,28,31).